The zero-order chi connectivity index (χ0) is 20.3. The van der Waals surface area contributed by atoms with Crippen molar-refractivity contribution in [2.75, 3.05) is 19.0 Å². The van der Waals surface area contributed by atoms with E-state index < -0.39 is 24.1 Å². The summed E-state index contributed by atoms with van der Waals surface area (Å²) >= 11 is 11.6. The van der Waals surface area contributed by atoms with E-state index >= 15 is 0 Å². The van der Waals surface area contributed by atoms with Crippen molar-refractivity contribution in [2.45, 2.75) is 0 Å². The van der Waals surface area contributed by atoms with Crippen LogP contribution in [0.3, 0.4) is 0 Å². The van der Waals surface area contributed by atoms with Crippen molar-refractivity contribution >= 4 is 51.9 Å². The first-order chi connectivity index (χ1) is 13.4. The van der Waals surface area contributed by atoms with E-state index in [4.69, 9.17) is 37.1 Å². The Bertz CT molecular complexity index is 1130. The lowest BCUT2D eigenvalue weighted by atomic mass is 10.2. The number of pyridine rings is 1. The maximum absolute atomic E-state index is 12.2. The predicted octanol–water partition coefficient (Wildman–Crippen LogP) is 3.30. The van der Waals surface area contributed by atoms with Crippen LogP contribution in [0.1, 0.15) is 10.4 Å². The van der Waals surface area contributed by atoms with Crippen molar-refractivity contribution in [3.63, 3.8) is 0 Å². The molecule has 0 saturated heterocycles. The molecule has 2 heterocycles. The second-order valence-electron chi connectivity index (χ2n) is 5.43. The van der Waals surface area contributed by atoms with Crippen LogP contribution in [0.2, 0.25) is 10.0 Å². The summed E-state index contributed by atoms with van der Waals surface area (Å²) < 4.78 is 15.1. The first kappa shape index (κ1) is 19.7. The monoisotopic (exact) mass is 422 g/mol. The van der Waals surface area contributed by atoms with Crippen molar-refractivity contribution in [2.24, 2.45) is 0 Å². The molecule has 2 aromatic heterocycles. The average Bonchev–Trinajstić information content (AvgIpc) is 2.67. The van der Waals surface area contributed by atoms with Gasteiger partial charge in [-0.1, -0.05) is 35.3 Å². The van der Waals surface area contributed by atoms with Crippen LogP contribution in [-0.2, 0) is 9.53 Å². The number of esters is 1. The predicted molar refractivity (Wildman–Crippen MR) is 102 cm³/mol. The summed E-state index contributed by atoms with van der Waals surface area (Å²) in [5.74, 6) is -1.30. The Morgan fingerprint density at radius 3 is 2.75 bits per heavy atom. The molecule has 10 heteroatoms. The van der Waals surface area contributed by atoms with Crippen molar-refractivity contribution in [1.82, 2.24) is 4.98 Å². The molecule has 0 bridgehead atoms. The van der Waals surface area contributed by atoms with Crippen LogP contribution in [0.15, 0.2) is 45.7 Å². The van der Waals surface area contributed by atoms with Crippen LogP contribution >= 0.6 is 23.2 Å². The molecule has 1 N–H and O–H groups in total. The van der Waals surface area contributed by atoms with E-state index in [1.54, 1.807) is 18.2 Å². The number of hydrogen-bond donors (Lipinski definition) is 1. The fourth-order valence-electron chi connectivity index (χ4n) is 2.30. The largest absolute Gasteiger partial charge is 0.493 e. The van der Waals surface area contributed by atoms with E-state index in [0.29, 0.717) is 16.2 Å². The van der Waals surface area contributed by atoms with Crippen LogP contribution in [-0.4, -0.2) is 30.6 Å². The molecule has 0 radical (unpaired) electrons. The Balaban J connectivity index is 1.71. The van der Waals surface area contributed by atoms with Crippen molar-refractivity contribution in [3.8, 4) is 5.75 Å². The maximum atomic E-state index is 12.2. The second kappa shape index (κ2) is 8.28. The van der Waals surface area contributed by atoms with Gasteiger partial charge in [0, 0.05) is 11.6 Å². The van der Waals surface area contributed by atoms with Gasteiger partial charge in [-0.05, 0) is 18.2 Å². The van der Waals surface area contributed by atoms with Crippen LogP contribution in [0.5, 0.6) is 5.75 Å². The normalized spacial score (nSPS) is 10.5. The number of hydrogen-bond acceptors (Lipinski definition) is 7. The molecule has 1 aromatic carbocycles. The fourth-order valence-corrected chi connectivity index (χ4v) is 2.73. The van der Waals surface area contributed by atoms with Gasteiger partial charge in [0.25, 0.3) is 5.91 Å². The molecule has 0 fully saturated rings. The van der Waals surface area contributed by atoms with E-state index in [-0.39, 0.29) is 22.0 Å². The quantitative estimate of drug-likeness (QED) is 0.496. The minimum absolute atomic E-state index is 0.0597. The maximum Gasteiger partial charge on any atom is 0.351 e. The number of nitrogens with one attached hydrogen (secondary N) is 1. The van der Waals surface area contributed by atoms with E-state index in [1.807, 2.05) is 0 Å². The third kappa shape index (κ3) is 4.24. The van der Waals surface area contributed by atoms with E-state index in [9.17, 15) is 14.4 Å². The molecule has 0 aliphatic heterocycles. The topological polar surface area (TPSA) is 108 Å². The Morgan fingerprint density at radius 1 is 1.25 bits per heavy atom. The molecule has 0 aliphatic carbocycles. The van der Waals surface area contributed by atoms with Crippen LogP contribution in [0.25, 0.3) is 11.0 Å². The number of aromatic nitrogens is 1. The van der Waals surface area contributed by atoms with Crippen molar-refractivity contribution in [1.29, 1.82) is 0 Å². The van der Waals surface area contributed by atoms with Gasteiger partial charge in [-0.25, -0.2) is 14.6 Å². The lowest BCUT2D eigenvalue weighted by molar-refractivity contribution is -0.119. The third-order valence-corrected chi connectivity index (χ3v) is 4.06. The molecular weight excluding hydrogens is 411 g/mol. The molecular formula is C18H12Cl2N2O6. The number of carbonyl (C=O) groups is 2. The van der Waals surface area contributed by atoms with Gasteiger partial charge >= 0.3 is 11.6 Å². The average molecular weight is 423 g/mol. The number of rotatable bonds is 5. The molecule has 3 aromatic rings. The van der Waals surface area contributed by atoms with Crippen LogP contribution < -0.4 is 15.7 Å². The summed E-state index contributed by atoms with van der Waals surface area (Å²) in [6.07, 6.45) is 1.30. The highest BCUT2D eigenvalue weighted by atomic mass is 35.5. The summed E-state index contributed by atoms with van der Waals surface area (Å²) in [6.45, 7) is -0.658. The first-order valence-corrected chi connectivity index (χ1v) is 8.53. The number of nitrogens with zero attached hydrogens (tertiary/aromatic N) is 1. The van der Waals surface area contributed by atoms with Gasteiger partial charge in [0.15, 0.2) is 23.8 Å². The molecule has 0 saturated carbocycles. The summed E-state index contributed by atoms with van der Waals surface area (Å²) in [6, 6.07) is 7.63. The van der Waals surface area contributed by atoms with Crippen LogP contribution in [0, 0.1) is 0 Å². The SMILES string of the molecule is COc1cccc2cc(C(=O)OCC(=O)Nc3ncc(Cl)cc3Cl)c(=O)oc12. The molecule has 144 valence electrons. The minimum atomic E-state index is -1.01. The number of anilines is 1. The van der Waals surface area contributed by atoms with Crippen molar-refractivity contribution < 1.29 is 23.5 Å². The molecule has 0 unspecified atom stereocenters. The molecule has 0 aliphatic rings. The summed E-state index contributed by atoms with van der Waals surface area (Å²) in [5.41, 5.74) is -1.06. The third-order valence-electron chi connectivity index (χ3n) is 3.56. The highest BCUT2D eigenvalue weighted by Gasteiger charge is 2.18. The standard InChI is InChI=1S/C18H12Cl2N2O6/c1-26-13-4-2-3-9-5-11(18(25)28-15(9)13)17(24)27-8-14(23)22-16-12(20)6-10(19)7-21-16/h2-7H,8H2,1H3,(H,21,22,23). The number of para-hydroxylation sites is 1. The van der Waals surface area contributed by atoms with Crippen molar-refractivity contribution in [3.05, 3.63) is 62.6 Å². The highest BCUT2D eigenvalue weighted by molar-refractivity contribution is 6.36. The molecule has 0 atom stereocenters. The lowest BCUT2D eigenvalue weighted by Gasteiger charge is -2.08. The minimum Gasteiger partial charge on any atom is -0.493 e. The fraction of sp³-hybridized carbons (Fsp3) is 0.111. The van der Waals surface area contributed by atoms with Gasteiger partial charge < -0.3 is 19.2 Å². The lowest BCUT2D eigenvalue weighted by Crippen LogP contribution is -2.24. The molecule has 28 heavy (non-hydrogen) atoms. The number of carbonyl (C=O) groups excluding carboxylic acids is 2. The summed E-state index contributed by atoms with van der Waals surface area (Å²) in [5, 5.41) is 3.25. The first-order valence-electron chi connectivity index (χ1n) is 7.78. The molecule has 0 spiro atoms. The smallest absolute Gasteiger partial charge is 0.351 e. The van der Waals surface area contributed by atoms with Gasteiger partial charge in [-0.15, -0.1) is 0 Å². The van der Waals surface area contributed by atoms with Gasteiger partial charge in [0.1, 0.15) is 5.56 Å². The molecule has 1 amide bonds. The van der Waals surface area contributed by atoms with Gasteiger partial charge in [0.2, 0.25) is 0 Å². The second-order valence-corrected chi connectivity index (χ2v) is 6.28. The summed E-state index contributed by atoms with van der Waals surface area (Å²) in [4.78, 5) is 40.1. The van der Waals surface area contributed by atoms with Gasteiger partial charge in [0.05, 0.1) is 17.2 Å². The highest BCUT2D eigenvalue weighted by Crippen LogP contribution is 2.25. The Kier molecular flexibility index (Phi) is 5.81. The van der Waals surface area contributed by atoms with Gasteiger partial charge in [-0.2, -0.15) is 0 Å². The number of fused-ring (bicyclic) bond motifs is 1. The van der Waals surface area contributed by atoms with E-state index in [2.05, 4.69) is 10.3 Å². The van der Waals surface area contributed by atoms with Gasteiger partial charge in [-0.3, -0.25) is 4.79 Å². The number of amides is 1. The number of benzene rings is 1. The van der Waals surface area contributed by atoms with E-state index in [0.717, 1.165) is 0 Å². The molecule has 3 rings (SSSR count). The number of methoxy groups -OCH3 is 1. The number of ether oxygens (including phenoxy) is 2. The van der Waals surface area contributed by atoms with Crippen LogP contribution in [0.4, 0.5) is 5.82 Å². The Labute approximate surface area is 168 Å². The number of halogens is 2. The molecule has 8 nitrogen and oxygen atoms in total. The Morgan fingerprint density at radius 2 is 2.04 bits per heavy atom. The zero-order valence-corrected chi connectivity index (χ0v) is 15.8. The summed E-state index contributed by atoms with van der Waals surface area (Å²) in [7, 11) is 1.43. The zero-order valence-electron chi connectivity index (χ0n) is 14.3. The Hall–Kier alpha value is -3.10. The van der Waals surface area contributed by atoms with E-state index in [1.165, 1.54) is 25.4 Å².